The number of nitrogens with zero attached hydrogens (tertiary/aromatic N) is 1. The average Bonchev–Trinajstić information content (AvgIpc) is 2.10. The number of pyridine rings is 1. The van der Waals surface area contributed by atoms with Gasteiger partial charge in [0.1, 0.15) is 0 Å². The van der Waals surface area contributed by atoms with Gasteiger partial charge in [0, 0.05) is 11.9 Å². The maximum Gasteiger partial charge on any atom is 0.0434 e. The molecule has 0 saturated heterocycles. The Morgan fingerprint density at radius 2 is 2.00 bits per heavy atom. The Labute approximate surface area is 81.2 Å². The van der Waals surface area contributed by atoms with Crippen molar-refractivity contribution in [3.8, 4) is 0 Å². The molecule has 1 nitrogen and oxygen atoms in total. The van der Waals surface area contributed by atoms with E-state index >= 15 is 0 Å². The fourth-order valence-electron chi connectivity index (χ4n) is 1.50. The Morgan fingerprint density at radius 1 is 1.31 bits per heavy atom. The zero-order valence-electron chi connectivity index (χ0n) is 9.09. The first-order chi connectivity index (χ1) is 6.15. The van der Waals surface area contributed by atoms with Crippen molar-refractivity contribution in [3.05, 3.63) is 29.1 Å². The topological polar surface area (TPSA) is 12.9 Å². The molecule has 72 valence electrons. The van der Waals surface area contributed by atoms with Crippen LogP contribution in [0.2, 0.25) is 0 Å². The molecule has 0 aliphatic carbocycles. The average molecular weight is 177 g/mol. The van der Waals surface area contributed by atoms with Crippen molar-refractivity contribution >= 4 is 0 Å². The highest BCUT2D eigenvalue weighted by molar-refractivity contribution is 5.25. The van der Waals surface area contributed by atoms with Crippen LogP contribution in [0.25, 0.3) is 0 Å². The molecule has 0 aromatic carbocycles. The summed E-state index contributed by atoms with van der Waals surface area (Å²) in [4.78, 5) is 4.46. The molecular weight excluding hydrogens is 158 g/mol. The van der Waals surface area contributed by atoms with E-state index in [1.54, 1.807) is 0 Å². The maximum atomic E-state index is 4.46. The minimum Gasteiger partial charge on any atom is -0.261 e. The number of hydrogen-bond acceptors (Lipinski definition) is 1. The number of aromatic nitrogens is 1. The van der Waals surface area contributed by atoms with Gasteiger partial charge in [0.2, 0.25) is 0 Å². The predicted molar refractivity (Wildman–Crippen MR) is 57.0 cm³/mol. The third-order valence-electron chi connectivity index (χ3n) is 2.62. The van der Waals surface area contributed by atoms with Crippen molar-refractivity contribution in [1.29, 1.82) is 0 Å². The lowest BCUT2D eigenvalue weighted by atomic mass is 9.99. The molecule has 1 atom stereocenters. The normalized spacial score (nSPS) is 12.9. The Morgan fingerprint density at radius 3 is 2.54 bits per heavy atom. The molecule has 0 fully saturated rings. The highest BCUT2D eigenvalue weighted by Crippen LogP contribution is 2.19. The van der Waals surface area contributed by atoms with Crippen LogP contribution in [-0.2, 0) is 0 Å². The largest absolute Gasteiger partial charge is 0.261 e. The van der Waals surface area contributed by atoms with Crippen LogP contribution < -0.4 is 0 Å². The monoisotopic (exact) mass is 177 g/mol. The van der Waals surface area contributed by atoms with Gasteiger partial charge in [-0.1, -0.05) is 20.3 Å². The molecule has 0 amide bonds. The van der Waals surface area contributed by atoms with E-state index < -0.39 is 0 Å². The molecule has 1 aromatic heterocycles. The van der Waals surface area contributed by atoms with Gasteiger partial charge in [-0.25, -0.2) is 0 Å². The first kappa shape index (κ1) is 10.2. The summed E-state index contributed by atoms with van der Waals surface area (Å²) >= 11 is 0. The lowest BCUT2D eigenvalue weighted by molar-refractivity contribution is 0.646. The molecule has 1 heteroatoms. The standard InChI is InChI=1S/C12H19N/c1-5-6-9(2)12-7-10(3)11(4)8-13-12/h7-9H,5-6H2,1-4H3. The van der Waals surface area contributed by atoms with Crippen LogP contribution in [0.1, 0.15) is 49.4 Å². The van der Waals surface area contributed by atoms with Crippen molar-refractivity contribution in [2.75, 3.05) is 0 Å². The summed E-state index contributed by atoms with van der Waals surface area (Å²) < 4.78 is 0. The number of hydrogen-bond donors (Lipinski definition) is 0. The van der Waals surface area contributed by atoms with E-state index in [0.29, 0.717) is 5.92 Å². The van der Waals surface area contributed by atoms with Gasteiger partial charge in [0.15, 0.2) is 0 Å². The molecule has 0 aliphatic heterocycles. The molecular formula is C12H19N. The fourth-order valence-corrected chi connectivity index (χ4v) is 1.50. The Balaban J connectivity index is 2.84. The summed E-state index contributed by atoms with van der Waals surface area (Å²) in [6, 6.07) is 2.22. The lowest BCUT2D eigenvalue weighted by Crippen LogP contribution is -1.98. The van der Waals surface area contributed by atoms with Crippen LogP contribution in [0.3, 0.4) is 0 Å². The van der Waals surface area contributed by atoms with Crippen LogP contribution in [-0.4, -0.2) is 4.98 Å². The van der Waals surface area contributed by atoms with Crippen molar-refractivity contribution in [2.45, 2.75) is 46.5 Å². The van der Waals surface area contributed by atoms with Gasteiger partial charge in [-0.15, -0.1) is 0 Å². The molecule has 0 bridgehead atoms. The van der Waals surface area contributed by atoms with Gasteiger partial charge in [-0.3, -0.25) is 4.98 Å². The first-order valence-corrected chi connectivity index (χ1v) is 5.08. The molecule has 1 aromatic rings. The third kappa shape index (κ3) is 2.55. The molecule has 0 radical (unpaired) electrons. The van der Waals surface area contributed by atoms with Crippen molar-refractivity contribution < 1.29 is 0 Å². The van der Waals surface area contributed by atoms with E-state index in [-0.39, 0.29) is 0 Å². The Hall–Kier alpha value is -0.850. The molecule has 1 heterocycles. The summed E-state index contributed by atoms with van der Waals surface area (Å²) in [5, 5.41) is 0. The Bertz CT molecular complexity index is 278. The van der Waals surface area contributed by atoms with Crippen LogP contribution in [0.4, 0.5) is 0 Å². The predicted octanol–water partition coefficient (Wildman–Crippen LogP) is 3.60. The second-order valence-electron chi connectivity index (χ2n) is 3.88. The van der Waals surface area contributed by atoms with Crippen molar-refractivity contribution in [2.24, 2.45) is 0 Å². The van der Waals surface area contributed by atoms with Crippen LogP contribution in [0.15, 0.2) is 12.3 Å². The van der Waals surface area contributed by atoms with E-state index in [1.165, 1.54) is 29.7 Å². The molecule has 0 spiro atoms. The fraction of sp³-hybridized carbons (Fsp3) is 0.583. The Kier molecular flexibility index (Phi) is 3.47. The minimum atomic E-state index is 0.601. The second kappa shape index (κ2) is 4.40. The highest BCUT2D eigenvalue weighted by Gasteiger charge is 2.06. The first-order valence-electron chi connectivity index (χ1n) is 5.08. The molecule has 1 unspecified atom stereocenters. The van der Waals surface area contributed by atoms with Gasteiger partial charge < -0.3 is 0 Å². The van der Waals surface area contributed by atoms with E-state index in [9.17, 15) is 0 Å². The van der Waals surface area contributed by atoms with Gasteiger partial charge in [-0.05, 0) is 43.4 Å². The second-order valence-corrected chi connectivity index (χ2v) is 3.88. The molecule has 0 N–H and O–H groups in total. The van der Waals surface area contributed by atoms with Crippen molar-refractivity contribution in [1.82, 2.24) is 4.98 Å². The van der Waals surface area contributed by atoms with Crippen molar-refractivity contribution in [3.63, 3.8) is 0 Å². The zero-order valence-corrected chi connectivity index (χ0v) is 9.09. The maximum absolute atomic E-state index is 4.46. The van der Waals surface area contributed by atoms with E-state index in [1.807, 2.05) is 6.20 Å². The lowest BCUT2D eigenvalue weighted by Gasteiger charge is -2.10. The van der Waals surface area contributed by atoms with E-state index in [4.69, 9.17) is 0 Å². The van der Waals surface area contributed by atoms with Gasteiger partial charge in [0.25, 0.3) is 0 Å². The number of aryl methyl sites for hydroxylation is 2. The van der Waals surface area contributed by atoms with E-state index in [2.05, 4.69) is 38.7 Å². The van der Waals surface area contributed by atoms with Crippen LogP contribution >= 0.6 is 0 Å². The molecule has 0 aliphatic rings. The summed E-state index contributed by atoms with van der Waals surface area (Å²) in [5.74, 6) is 0.601. The molecule has 1 rings (SSSR count). The molecule has 13 heavy (non-hydrogen) atoms. The summed E-state index contributed by atoms with van der Waals surface area (Å²) in [6.07, 6.45) is 4.45. The highest BCUT2D eigenvalue weighted by atomic mass is 14.7. The van der Waals surface area contributed by atoms with Gasteiger partial charge in [0.05, 0.1) is 0 Å². The third-order valence-corrected chi connectivity index (χ3v) is 2.62. The zero-order chi connectivity index (χ0) is 9.84. The summed E-state index contributed by atoms with van der Waals surface area (Å²) in [6.45, 7) is 8.73. The van der Waals surface area contributed by atoms with Gasteiger partial charge in [-0.2, -0.15) is 0 Å². The summed E-state index contributed by atoms with van der Waals surface area (Å²) in [7, 11) is 0. The van der Waals surface area contributed by atoms with E-state index in [0.717, 1.165) is 0 Å². The SMILES string of the molecule is CCCC(C)c1cc(C)c(C)cn1. The number of rotatable bonds is 3. The molecule has 0 saturated carbocycles. The van der Waals surface area contributed by atoms with Gasteiger partial charge >= 0.3 is 0 Å². The summed E-state index contributed by atoms with van der Waals surface area (Å²) in [5.41, 5.74) is 3.88. The van der Waals surface area contributed by atoms with Crippen LogP contribution in [0, 0.1) is 13.8 Å². The smallest absolute Gasteiger partial charge is 0.0434 e. The quantitative estimate of drug-likeness (QED) is 0.687. The minimum absolute atomic E-state index is 0.601. The van der Waals surface area contributed by atoms with Crippen LogP contribution in [0.5, 0.6) is 0 Å².